The van der Waals surface area contributed by atoms with Gasteiger partial charge in [0.05, 0.1) is 6.61 Å². The van der Waals surface area contributed by atoms with Gasteiger partial charge in [-0.25, -0.2) is 0 Å². The summed E-state index contributed by atoms with van der Waals surface area (Å²) in [5.41, 5.74) is 1.36. The van der Waals surface area contributed by atoms with Gasteiger partial charge in [0, 0.05) is 12.1 Å². The minimum atomic E-state index is 0. The number of rotatable bonds is 5. The third-order valence-corrected chi connectivity index (χ3v) is 2.11. The number of aliphatic hydroxyl groups excluding tert-OH is 1. The normalized spacial score (nSPS) is 10.8. The highest BCUT2D eigenvalue weighted by molar-refractivity contribution is 5.27. The highest BCUT2D eigenvalue weighted by atomic mass is 35.5. The minimum absolute atomic E-state index is 0. The lowest BCUT2D eigenvalue weighted by atomic mass is 10.1. The van der Waals surface area contributed by atoms with Gasteiger partial charge in [0.1, 0.15) is 12.4 Å². The molecule has 0 saturated carbocycles. The van der Waals surface area contributed by atoms with E-state index in [1.54, 1.807) is 0 Å². The molecule has 0 aliphatic carbocycles. The number of halogens is 1. The van der Waals surface area contributed by atoms with Crippen molar-refractivity contribution < 1.29 is 22.3 Å². The zero-order chi connectivity index (χ0) is 12.0. The summed E-state index contributed by atoms with van der Waals surface area (Å²) < 4.78 is 5.29. The van der Waals surface area contributed by atoms with E-state index < -0.39 is 0 Å². The van der Waals surface area contributed by atoms with Crippen LogP contribution in [0.2, 0.25) is 0 Å². The Kier molecular flexibility index (Phi) is 7.19. The van der Waals surface area contributed by atoms with Crippen molar-refractivity contribution in [3.05, 3.63) is 29.8 Å². The van der Waals surface area contributed by atoms with Crippen LogP contribution >= 0.6 is 0 Å². The highest BCUT2D eigenvalue weighted by Crippen LogP contribution is 2.12. The summed E-state index contributed by atoms with van der Waals surface area (Å²) in [5.74, 6) is 0.800. The van der Waals surface area contributed by atoms with Crippen molar-refractivity contribution in [3.8, 4) is 5.75 Å². The van der Waals surface area contributed by atoms with Crippen molar-refractivity contribution >= 4 is 0 Å². The fraction of sp³-hybridized carbons (Fsp3) is 0.538. The predicted octanol–water partition coefficient (Wildman–Crippen LogP) is -1.05. The molecule has 98 valence electrons. The first kappa shape index (κ1) is 16.2. The topological polar surface area (TPSA) is 41.5 Å². The number of hydrogen-bond acceptors (Lipinski definition) is 3. The molecule has 0 spiro atoms. The molecule has 2 N–H and O–H groups in total. The van der Waals surface area contributed by atoms with Gasteiger partial charge >= 0.3 is 0 Å². The highest BCUT2D eigenvalue weighted by Gasteiger charge is 2.07. The second-order valence-electron chi connectivity index (χ2n) is 4.82. The van der Waals surface area contributed by atoms with E-state index in [2.05, 4.69) is 26.1 Å². The average molecular weight is 259 g/mol. The molecule has 3 nitrogen and oxygen atoms in total. The maximum absolute atomic E-state index is 8.62. The quantitative estimate of drug-likeness (QED) is 0.708. The molecular formula is C13H21ClNO2-. The van der Waals surface area contributed by atoms with Crippen LogP contribution in [0.15, 0.2) is 24.3 Å². The summed E-state index contributed by atoms with van der Waals surface area (Å²) in [4.78, 5) is 0. The zero-order valence-corrected chi connectivity index (χ0v) is 11.4. The minimum Gasteiger partial charge on any atom is -1.00 e. The van der Waals surface area contributed by atoms with Crippen molar-refractivity contribution in [2.75, 3.05) is 13.2 Å². The van der Waals surface area contributed by atoms with E-state index in [1.165, 1.54) is 5.56 Å². The van der Waals surface area contributed by atoms with Crippen LogP contribution in [0.3, 0.4) is 0 Å². The van der Waals surface area contributed by atoms with E-state index in [-0.39, 0.29) is 24.6 Å². The molecule has 0 heterocycles. The predicted molar refractivity (Wildman–Crippen MR) is 65.6 cm³/mol. The van der Waals surface area contributed by atoms with Crippen molar-refractivity contribution in [1.29, 1.82) is 0 Å². The first-order valence-electron chi connectivity index (χ1n) is 5.59. The number of ether oxygens (including phenoxy) is 1. The van der Waals surface area contributed by atoms with Crippen LogP contribution < -0.4 is 22.5 Å². The molecule has 1 rings (SSSR count). The second-order valence-corrected chi connectivity index (χ2v) is 4.82. The third kappa shape index (κ3) is 7.21. The molecular weight excluding hydrogens is 238 g/mol. The molecule has 0 unspecified atom stereocenters. The molecule has 0 aliphatic heterocycles. The Morgan fingerprint density at radius 2 is 1.76 bits per heavy atom. The van der Waals surface area contributed by atoms with Gasteiger partial charge in [-0.1, -0.05) is 12.1 Å². The molecule has 0 atom stereocenters. The van der Waals surface area contributed by atoms with Gasteiger partial charge in [-0.15, -0.1) is 0 Å². The van der Waals surface area contributed by atoms with E-state index in [1.807, 2.05) is 24.3 Å². The summed E-state index contributed by atoms with van der Waals surface area (Å²) in [6, 6.07) is 7.92. The van der Waals surface area contributed by atoms with Crippen LogP contribution in [0.5, 0.6) is 5.75 Å². The summed E-state index contributed by atoms with van der Waals surface area (Å²) in [7, 11) is 0. The van der Waals surface area contributed by atoms with Gasteiger partial charge in [0.15, 0.2) is 0 Å². The van der Waals surface area contributed by atoms with E-state index in [0.717, 1.165) is 12.3 Å². The Labute approximate surface area is 110 Å². The largest absolute Gasteiger partial charge is 1.00 e. The van der Waals surface area contributed by atoms with Gasteiger partial charge < -0.3 is 27.6 Å². The summed E-state index contributed by atoms with van der Waals surface area (Å²) >= 11 is 0. The van der Waals surface area contributed by atoms with Gasteiger partial charge in [0.2, 0.25) is 0 Å². The monoisotopic (exact) mass is 258 g/mol. The van der Waals surface area contributed by atoms with Crippen LogP contribution in [0.25, 0.3) is 0 Å². The summed E-state index contributed by atoms with van der Waals surface area (Å²) in [6.07, 6.45) is 0. The van der Waals surface area contributed by atoms with Gasteiger partial charge in [0.25, 0.3) is 0 Å². The number of aliphatic hydroxyl groups is 1. The fourth-order valence-electron chi connectivity index (χ4n) is 1.23. The first-order chi connectivity index (χ1) is 7.51. The van der Waals surface area contributed by atoms with Gasteiger partial charge in [-0.3, -0.25) is 0 Å². The zero-order valence-electron chi connectivity index (χ0n) is 10.7. The van der Waals surface area contributed by atoms with Crippen LogP contribution in [-0.2, 0) is 6.54 Å². The molecule has 0 aliphatic rings. The number of hydrogen-bond donors (Lipinski definition) is 2. The fourth-order valence-corrected chi connectivity index (χ4v) is 1.23. The molecule has 0 bridgehead atoms. The molecule has 0 aromatic heterocycles. The van der Waals surface area contributed by atoms with E-state index >= 15 is 0 Å². The Balaban J connectivity index is 0.00000256. The standard InChI is InChI=1S/C13H21NO2.ClH/c1-13(2,3)14-10-11-4-6-12(7-5-11)16-9-8-15;/h4-7,14-15H,8-10H2,1-3H3;1H/p-1. The Morgan fingerprint density at radius 3 is 2.24 bits per heavy atom. The van der Waals surface area contributed by atoms with Crippen LogP contribution in [0.4, 0.5) is 0 Å². The molecule has 0 saturated heterocycles. The lowest BCUT2D eigenvalue weighted by Crippen LogP contribution is -3.00. The van der Waals surface area contributed by atoms with Gasteiger partial charge in [-0.05, 0) is 38.5 Å². The maximum atomic E-state index is 8.62. The van der Waals surface area contributed by atoms with E-state index in [4.69, 9.17) is 9.84 Å². The summed E-state index contributed by atoms with van der Waals surface area (Å²) in [5, 5.41) is 12.0. The van der Waals surface area contributed by atoms with E-state index in [0.29, 0.717) is 6.61 Å². The molecule has 1 aromatic carbocycles. The lowest BCUT2D eigenvalue weighted by Gasteiger charge is -2.20. The second kappa shape index (κ2) is 7.54. The van der Waals surface area contributed by atoms with Crippen LogP contribution in [0, 0.1) is 0 Å². The lowest BCUT2D eigenvalue weighted by molar-refractivity contribution is -0.00000528. The Morgan fingerprint density at radius 1 is 1.18 bits per heavy atom. The molecule has 0 radical (unpaired) electrons. The van der Waals surface area contributed by atoms with Crippen LogP contribution in [0.1, 0.15) is 26.3 Å². The molecule has 1 aromatic rings. The first-order valence-corrected chi connectivity index (χ1v) is 5.59. The maximum Gasteiger partial charge on any atom is 0.119 e. The smallest absolute Gasteiger partial charge is 0.119 e. The molecule has 0 fully saturated rings. The Hall–Kier alpha value is -0.770. The van der Waals surface area contributed by atoms with E-state index in [9.17, 15) is 0 Å². The molecule has 4 heteroatoms. The number of benzene rings is 1. The third-order valence-electron chi connectivity index (χ3n) is 2.11. The Bertz CT molecular complexity index is 306. The van der Waals surface area contributed by atoms with Crippen molar-refractivity contribution in [3.63, 3.8) is 0 Å². The van der Waals surface area contributed by atoms with Crippen molar-refractivity contribution in [2.24, 2.45) is 0 Å². The number of nitrogens with one attached hydrogen (secondary N) is 1. The SMILES string of the molecule is CC(C)(C)NCc1ccc(OCCO)cc1.[Cl-]. The molecule has 17 heavy (non-hydrogen) atoms. The van der Waals surface area contributed by atoms with Crippen molar-refractivity contribution in [2.45, 2.75) is 32.9 Å². The summed E-state index contributed by atoms with van der Waals surface area (Å²) in [6.45, 7) is 7.68. The van der Waals surface area contributed by atoms with Crippen molar-refractivity contribution in [1.82, 2.24) is 5.32 Å². The average Bonchev–Trinajstić information content (AvgIpc) is 2.24. The van der Waals surface area contributed by atoms with Crippen LogP contribution in [-0.4, -0.2) is 23.9 Å². The van der Waals surface area contributed by atoms with Gasteiger partial charge in [-0.2, -0.15) is 0 Å². The molecule has 0 amide bonds.